The number of carbonyl (C=O) groups is 1. The number of nitrogen functional groups attached to an aromatic ring is 1. The zero-order chi connectivity index (χ0) is 14.7. The highest BCUT2D eigenvalue weighted by atomic mass is 79.9. The van der Waals surface area contributed by atoms with E-state index in [1.807, 2.05) is 5.43 Å². The van der Waals surface area contributed by atoms with Crippen molar-refractivity contribution in [2.75, 3.05) is 0 Å². The van der Waals surface area contributed by atoms with Crippen LogP contribution in [0.15, 0.2) is 22.0 Å². The van der Waals surface area contributed by atoms with Crippen molar-refractivity contribution in [2.45, 2.75) is 6.61 Å². The number of thiazole rings is 1. The molecule has 0 aliphatic heterocycles. The van der Waals surface area contributed by atoms with Gasteiger partial charge in [0, 0.05) is 11.4 Å². The maximum atomic E-state index is 13.3. The van der Waals surface area contributed by atoms with Crippen LogP contribution in [-0.4, -0.2) is 10.9 Å². The lowest BCUT2D eigenvalue weighted by Crippen LogP contribution is -2.29. The molecule has 0 bridgehead atoms. The number of hydrogen-bond acceptors (Lipinski definition) is 5. The van der Waals surface area contributed by atoms with Crippen LogP contribution in [0.3, 0.4) is 0 Å². The smallest absolute Gasteiger partial charge is 0.294 e. The first-order chi connectivity index (χ1) is 9.51. The molecule has 5 nitrogen and oxygen atoms in total. The van der Waals surface area contributed by atoms with Gasteiger partial charge in [-0.2, -0.15) is 0 Å². The molecule has 0 saturated carbocycles. The van der Waals surface area contributed by atoms with Crippen LogP contribution < -0.4 is 16.0 Å². The van der Waals surface area contributed by atoms with E-state index in [4.69, 9.17) is 22.2 Å². The van der Waals surface area contributed by atoms with E-state index < -0.39 is 11.7 Å². The maximum absolute atomic E-state index is 13.3. The summed E-state index contributed by atoms with van der Waals surface area (Å²) in [6.45, 7) is 0.0913. The van der Waals surface area contributed by atoms with Crippen LogP contribution in [0.2, 0.25) is 5.02 Å². The lowest BCUT2D eigenvalue weighted by atomic mass is 10.3. The van der Waals surface area contributed by atoms with Crippen molar-refractivity contribution < 1.29 is 13.9 Å². The highest BCUT2D eigenvalue weighted by Gasteiger charge is 2.12. The number of nitrogens with one attached hydrogen (secondary N) is 1. The SMILES string of the molecule is NNC(=O)c1nc(COc2cc(F)c(Cl)cc2Br)cs1. The van der Waals surface area contributed by atoms with Crippen molar-refractivity contribution in [1.29, 1.82) is 0 Å². The standard InChI is InChI=1S/C11H8BrClFN3O2S/c12-6-1-7(13)8(14)2-9(6)19-3-5-4-20-11(16-5)10(18)17-15/h1-2,4H,3,15H2,(H,17,18). The second-order valence-electron chi connectivity index (χ2n) is 3.60. The molecule has 0 aliphatic carbocycles. The zero-order valence-electron chi connectivity index (χ0n) is 9.82. The second kappa shape index (κ2) is 6.49. The zero-order valence-corrected chi connectivity index (χ0v) is 13.0. The number of nitrogens with two attached hydrogens (primary N) is 1. The predicted octanol–water partition coefficient (Wildman–Crippen LogP) is 2.88. The van der Waals surface area contributed by atoms with E-state index in [1.165, 1.54) is 12.1 Å². The fourth-order valence-electron chi connectivity index (χ4n) is 1.31. The Balaban J connectivity index is 2.07. The molecule has 0 atom stereocenters. The molecule has 1 amide bonds. The maximum Gasteiger partial charge on any atom is 0.294 e. The summed E-state index contributed by atoms with van der Waals surface area (Å²) in [5.74, 6) is 4.25. The Morgan fingerprint density at radius 3 is 3.05 bits per heavy atom. The van der Waals surface area contributed by atoms with Gasteiger partial charge in [0.1, 0.15) is 18.2 Å². The van der Waals surface area contributed by atoms with Gasteiger partial charge < -0.3 is 4.74 Å². The summed E-state index contributed by atoms with van der Waals surface area (Å²) in [6, 6.07) is 2.58. The Morgan fingerprint density at radius 1 is 1.60 bits per heavy atom. The van der Waals surface area contributed by atoms with Crippen molar-refractivity contribution >= 4 is 44.8 Å². The monoisotopic (exact) mass is 379 g/mol. The summed E-state index contributed by atoms with van der Waals surface area (Å²) in [7, 11) is 0. The number of nitrogens with zero attached hydrogens (tertiary/aromatic N) is 1. The average molecular weight is 381 g/mol. The van der Waals surface area contributed by atoms with Gasteiger partial charge in [-0.05, 0) is 22.0 Å². The number of hydrazine groups is 1. The van der Waals surface area contributed by atoms with Gasteiger partial charge in [0.15, 0.2) is 5.01 Å². The Morgan fingerprint density at radius 2 is 2.35 bits per heavy atom. The molecule has 0 spiro atoms. The van der Waals surface area contributed by atoms with Crippen LogP contribution in [0.1, 0.15) is 15.5 Å². The van der Waals surface area contributed by atoms with Gasteiger partial charge in [-0.15, -0.1) is 11.3 Å². The van der Waals surface area contributed by atoms with Crippen LogP contribution in [0, 0.1) is 5.82 Å². The van der Waals surface area contributed by atoms with Crippen LogP contribution in [-0.2, 0) is 6.61 Å². The third-order valence-electron chi connectivity index (χ3n) is 2.23. The number of benzene rings is 1. The molecule has 0 radical (unpaired) electrons. The number of aromatic nitrogens is 1. The second-order valence-corrected chi connectivity index (χ2v) is 5.72. The minimum atomic E-state index is -0.577. The van der Waals surface area contributed by atoms with Gasteiger partial charge in [0.2, 0.25) is 0 Å². The highest BCUT2D eigenvalue weighted by Crippen LogP contribution is 2.31. The lowest BCUT2D eigenvalue weighted by Gasteiger charge is -2.07. The van der Waals surface area contributed by atoms with Gasteiger partial charge in [0.25, 0.3) is 5.91 Å². The molecule has 0 fully saturated rings. The molecule has 20 heavy (non-hydrogen) atoms. The molecule has 1 heterocycles. The lowest BCUT2D eigenvalue weighted by molar-refractivity contribution is 0.0953. The minimum Gasteiger partial charge on any atom is -0.486 e. The van der Waals surface area contributed by atoms with Gasteiger partial charge in [-0.3, -0.25) is 10.2 Å². The van der Waals surface area contributed by atoms with E-state index in [0.29, 0.717) is 15.9 Å². The van der Waals surface area contributed by atoms with Crippen LogP contribution in [0.5, 0.6) is 5.75 Å². The molecule has 0 aliphatic rings. The van der Waals surface area contributed by atoms with Gasteiger partial charge in [0.05, 0.1) is 15.2 Å². The Labute approximate surface area is 131 Å². The highest BCUT2D eigenvalue weighted by molar-refractivity contribution is 9.10. The molecule has 2 aromatic rings. The summed E-state index contributed by atoms with van der Waals surface area (Å²) < 4.78 is 19.3. The average Bonchev–Trinajstić information content (AvgIpc) is 2.89. The van der Waals surface area contributed by atoms with Crippen molar-refractivity contribution in [3.05, 3.63) is 43.5 Å². The molecule has 106 valence electrons. The van der Waals surface area contributed by atoms with E-state index >= 15 is 0 Å². The first-order valence-corrected chi connectivity index (χ1v) is 7.29. The third kappa shape index (κ3) is 3.45. The first kappa shape index (κ1) is 15.2. The molecule has 9 heteroatoms. The van der Waals surface area contributed by atoms with E-state index in [2.05, 4.69) is 20.9 Å². The van der Waals surface area contributed by atoms with E-state index in [9.17, 15) is 9.18 Å². The summed E-state index contributed by atoms with van der Waals surface area (Å²) >= 11 is 9.99. The summed E-state index contributed by atoms with van der Waals surface area (Å²) in [5.41, 5.74) is 2.53. The Kier molecular flexibility index (Phi) is 4.92. The molecule has 0 unspecified atom stereocenters. The number of rotatable bonds is 4. The molecule has 1 aromatic carbocycles. The molecule has 1 aromatic heterocycles. The van der Waals surface area contributed by atoms with E-state index in [-0.39, 0.29) is 16.6 Å². The predicted molar refractivity (Wildman–Crippen MR) is 77.2 cm³/mol. The van der Waals surface area contributed by atoms with Crippen molar-refractivity contribution in [2.24, 2.45) is 5.84 Å². The molecular weight excluding hydrogens is 373 g/mol. The van der Waals surface area contributed by atoms with E-state index in [1.54, 1.807) is 5.38 Å². The van der Waals surface area contributed by atoms with Crippen molar-refractivity contribution in [3.8, 4) is 5.75 Å². The van der Waals surface area contributed by atoms with Crippen molar-refractivity contribution in [1.82, 2.24) is 10.4 Å². The van der Waals surface area contributed by atoms with Gasteiger partial charge in [-0.1, -0.05) is 11.6 Å². The molecule has 3 N–H and O–H groups in total. The number of hydrogen-bond donors (Lipinski definition) is 2. The minimum absolute atomic E-state index is 0.000198. The molecule has 0 saturated heterocycles. The van der Waals surface area contributed by atoms with E-state index in [0.717, 1.165) is 11.3 Å². The largest absolute Gasteiger partial charge is 0.486 e. The Bertz CT molecular complexity index is 653. The molecule has 2 rings (SSSR count). The number of halogens is 3. The fourth-order valence-corrected chi connectivity index (χ4v) is 2.76. The van der Waals surface area contributed by atoms with Crippen LogP contribution in [0.25, 0.3) is 0 Å². The summed E-state index contributed by atoms with van der Waals surface area (Å²) in [6.07, 6.45) is 0. The van der Waals surface area contributed by atoms with Crippen LogP contribution in [0.4, 0.5) is 4.39 Å². The Hall–Kier alpha value is -1.22. The molecular formula is C11H8BrClFN3O2S. The fraction of sp³-hybridized carbons (Fsp3) is 0.0909. The topological polar surface area (TPSA) is 77.2 Å². The third-order valence-corrected chi connectivity index (χ3v) is 4.03. The number of amides is 1. The summed E-state index contributed by atoms with van der Waals surface area (Å²) in [5, 5.41) is 1.89. The quantitative estimate of drug-likeness (QED) is 0.370. The van der Waals surface area contributed by atoms with Gasteiger partial charge in [-0.25, -0.2) is 15.2 Å². The van der Waals surface area contributed by atoms with Crippen LogP contribution >= 0.6 is 38.9 Å². The van der Waals surface area contributed by atoms with Crippen molar-refractivity contribution in [3.63, 3.8) is 0 Å². The summed E-state index contributed by atoms with van der Waals surface area (Å²) in [4.78, 5) is 15.3. The normalized spacial score (nSPS) is 10.4. The first-order valence-electron chi connectivity index (χ1n) is 5.24. The van der Waals surface area contributed by atoms with Gasteiger partial charge >= 0.3 is 0 Å². The number of ether oxygens (including phenoxy) is 1. The number of carbonyl (C=O) groups excluding carboxylic acids is 1.